The van der Waals surface area contributed by atoms with Gasteiger partial charge in [0.05, 0.1) is 11.9 Å². The van der Waals surface area contributed by atoms with Crippen molar-refractivity contribution >= 4 is 91.1 Å². The molecule has 0 bridgehead atoms. The predicted octanol–water partition coefficient (Wildman–Crippen LogP) is 23.4. The van der Waals surface area contributed by atoms with Gasteiger partial charge in [0.2, 0.25) is 0 Å². The van der Waals surface area contributed by atoms with E-state index in [1.54, 1.807) is 0 Å². The zero-order chi connectivity index (χ0) is 63.6. The predicted molar refractivity (Wildman–Crippen MR) is 399 cm³/mol. The van der Waals surface area contributed by atoms with E-state index in [9.17, 15) is 0 Å². The molecular weight excluding hydrogens is 1130 g/mol. The largest absolute Gasteiger partial charge is 0.341 e. The highest BCUT2D eigenvalue weighted by molar-refractivity contribution is 6.09. The summed E-state index contributed by atoms with van der Waals surface area (Å²) in [6, 6.07) is 124. The van der Waals surface area contributed by atoms with Gasteiger partial charge in [-0.1, -0.05) is 260 Å². The minimum atomic E-state index is 0.966. The average molecular weight is 1200 g/mol. The standard InChI is InChI=1S/C34H29N.C32H25N.C22H21N3/c1-26-13-19-31(20-14-26)35(32-21-15-27(2)16-22-32)33-23-17-28(18-24-33)25-34(29-9-5-3-6-10-29)30-11-7-4-8-12-30;1-5-13-27(14-6-1)32(28-15-7-2-8-16-28)25-26-21-23-31(24-22-26)33(29-17-9-3-10-18-29)30-19-11-4-12-20-30;1-3-25-21-12-8-7-11-19(21)20-15-17(13-14-22(20)25)16-23-24(2)18-9-5-4-6-10-18/h3-25H,1-2H3;1-25H;4-16H,3H2,1-2H3. The smallest absolute Gasteiger partial charge is 0.0590 e. The van der Waals surface area contributed by atoms with Gasteiger partial charge in [-0.2, -0.15) is 5.10 Å². The molecule has 1 aromatic heterocycles. The molecule has 14 aromatic rings. The van der Waals surface area contributed by atoms with E-state index in [1.165, 1.54) is 77.5 Å². The second-order valence-electron chi connectivity index (χ2n) is 22.9. The third-order valence-electron chi connectivity index (χ3n) is 16.5. The molecule has 1 heterocycles. The Hall–Kier alpha value is -11.8. The van der Waals surface area contributed by atoms with Crippen molar-refractivity contribution in [3.8, 4) is 0 Å². The summed E-state index contributed by atoms with van der Waals surface area (Å²) < 4.78 is 2.36. The number of anilines is 7. The maximum Gasteiger partial charge on any atom is 0.0590 e. The van der Waals surface area contributed by atoms with Crippen LogP contribution in [0.15, 0.2) is 357 Å². The van der Waals surface area contributed by atoms with Crippen LogP contribution in [0.2, 0.25) is 0 Å². The van der Waals surface area contributed by atoms with E-state index in [4.69, 9.17) is 0 Å². The van der Waals surface area contributed by atoms with Crippen LogP contribution in [0, 0.1) is 13.8 Å². The molecule has 0 atom stereocenters. The molecule has 14 rings (SSSR count). The van der Waals surface area contributed by atoms with E-state index in [2.05, 4.69) is 386 Å². The molecule has 93 heavy (non-hydrogen) atoms. The molecule has 0 aliphatic carbocycles. The number of hydrogen-bond donors (Lipinski definition) is 0. The van der Waals surface area contributed by atoms with Crippen molar-refractivity contribution in [2.75, 3.05) is 21.9 Å². The lowest BCUT2D eigenvalue weighted by molar-refractivity contribution is 0.827. The van der Waals surface area contributed by atoms with Crippen LogP contribution >= 0.6 is 0 Å². The zero-order valence-corrected chi connectivity index (χ0v) is 53.2. The zero-order valence-electron chi connectivity index (χ0n) is 53.2. The molecule has 0 unspecified atom stereocenters. The molecule has 0 aliphatic heterocycles. The number of aromatic nitrogens is 1. The van der Waals surface area contributed by atoms with Gasteiger partial charge in [0, 0.05) is 69.5 Å². The van der Waals surface area contributed by atoms with Gasteiger partial charge >= 0.3 is 0 Å². The highest BCUT2D eigenvalue weighted by atomic mass is 15.4. The molecule has 0 radical (unpaired) electrons. The summed E-state index contributed by atoms with van der Waals surface area (Å²) in [4.78, 5) is 4.59. The van der Waals surface area contributed by atoms with E-state index >= 15 is 0 Å². The number of rotatable bonds is 16. The van der Waals surface area contributed by atoms with Gasteiger partial charge in [-0.25, -0.2) is 0 Å². The minimum Gasteiger partial charge on any atom is -0.341 e. The van der Waals surface area contributed by atoms with Gasteiger partial charge < -0.3 is 14.4 Å². The van der Waals surface area contributed by atoms with Crippen LogP contribution < -0.4 is 14.8 Å². The second-order valence-corrected chi connectivity index (χ2v) is 22.9. The van der Waals surface area contributed by atoms with E-state index in [1.807, 2.05) is 36.5 Å². The van der Waals surface area contributed by atoms with Gasteiger partial charge in [0.1, 0.15) is 0 Å². The summed E-state index contributed by atoms with van der Waals surface area (Å²) in [5.41, 5.74) is 23.7. The fraction of sp³-hybridized carbons (Fsp3) is 0.0568. The van der Waals surface area contributed by atoms with Gasteiger partial charge in [-0.05, 0) is 186 Å². The number of nitrogens with zero attached hydrogens (tertiary/aromatic N) is 5. The van der Waals surface area contributed by atoms with Crippen molar-refractivity contribution in [2.45, 2.75) is 27.3 Å². The lowest BCUT2D eigenvalue weighted by Crippen LogP contribution is -2.09. The molecule has 13 aromatic carbocycles. The van der Waals surface area contributed by atoms with Crippen molar-refractivity contribution in [1.29, 1.82) is 0 Å². The van der Waals surface area contributed by atoms with Crippen LogP contribution in [0.5, 0.6) is 0 Å². The van der Waals surface area contributed by atoms with Crippen molar-refractivity contribution in [1.82, 2.24) is 4.57 Å². The SMILES string of the molecule is C(=C(c1ccccc1)c1ccccc1)c1ccc(N(c2ccccc2)c2ccccc2)cc1.CCn1c2ccccc2c2cc(C=NN(C)c3ccccc3)ccc21.Cc1ccc(N(c2ccc(C)cc2)c2ccc(C=C(c3ccccc3)c3ccccc3)cc2)cc1. The summed E-state index contributed by atoms with van der Waals surface area (Å²) >= 11 is 0. The first-order valence-electron chi connectivity index (χ1n) is 31.9. The Morgan fingerprint density at radius 3 is 0.989 bits per heavy atom. The highest BCUT2D eigenvalue weighted by Crippen LogP contribution is 2.38. The summed E-state index contributed by atoms with van der Waals surface area (Å²) in [5.74, 6) is 0. The van der Waals surface area contributed by atoms with Crippen LogP contribution in [0.25, 0.3) is 45.1 Å². The molecule has 452 valence electrons. The van der Waals surface area contributed by atoms with Crippen LogP contribution in [0.3, 0.4) is 0 Å². The van der Waals surface area contributed by atoms with Crippen molar-refractivity contribution in [3.63, 3.8) is 0 Å². The highest BCUT2D eigenvalue weighted by Gasteiger charge is 2.16. The first-order chi connectivity index (χ1) is 45.8. The molecule has 0 fully saturated rings. The number of benzene rings is 13. The molecule has 0 saturated heterocycles. The van der Waals surface area contributed by atoms with E-state index in [0.717, 1.165) is 51.9 Å². The van der Waals surface area contributed by atoms with Crippen LogP contribution in [0.4, 0.5) is 39.8 Å². The molecule has 0 amide bonds. The summed E-state index contributed by atoms with van der Waals surface area (Å²) in [6.07, 6.45) is 6.46. The maximum absolute atomic E-state index is 4.58. The number of hydrazone groups is 1. The van der Waals surface area contributed by atoms with Crippen molar-refractivity contribution < 1.29 is 0 Å². The van der Waals surface area contributed by atoms with Crippen LogP contribution in [0.1, 0.15) is 57.0 Å². The average Bonchev–Trinajstić information content (AvgIpc) is 1.66. The topological polar surface area (TPSA) is 27.0 Å². The van der Waals surface area contributed by atoms with Crippen molar-refractivity contribution in [3.05, 3.63) is 402 Å². The summed E-state index contributed by atoms with van der Waals surface area (Å²) in [5, 5.41) is 9.05. The first kappa shape index (κ1) is 61.4. The quantitative estimate of drug-likeness (QED) is 0.0548. The van der Waals surface area contributed by atoms with Crippen LogP contribution in [-0.4, -0.2) is 17.8 Å². The van der Waals surface area contributed by atoms with Crippen LogP contribution in [-0.2, 0) is 6.54 Å². The van der Waals surface area contributed by atoms with Crippen molar-refractivity contribution in [2.24, 2.45) is 5.10 Å². The normalized spacial score (nSPS) is 10.8. The van der Waals surface area contributed by atoms with Gasteiger partial charge in [-0.3, -0.25) is 5.01 Å². The van der Waals surface area contributed by atoms with E-state index < -0.39 is 0 Å². The Labute approximate surface area is 548 Å². The third-order valence-corrected chi connectivity index (χ3v) is 16.5. The Morgan fingerprint density at radius 1 is 0.312 bits per heavy atom. The molecule has 0 spiro atoms. The summed E-state index contributed by atoms with van der Waals surface area (Å²) in [7, 11) is 1.97. The molecule has 0 saturated carbocycles. The third kappa shape index (κ3) is 15.3. The molecule has 5 heteroatoms. The molecule has 5 nitrogen and oxygen atoms in total. The fourth-order valence-electron chi connectivity index (χ4n) is 11.7. The Balaban J connectivity index is 0.000000136. The number of fused-ring (bicyclic) bond motifs is 3. The fourth-order valence-corrected chi connectivity index (χ4v) is 11.7. The maximum atomic E-state index is 4.58. The van der Waals surface area contributed by atoms with E-state index in [0.29, 0.717) is 0 Å². The van der Waals surface area contributed by atoms with Gasteiger partial charge in [0.15, 0.2) is 0 Å². The first-order valence-corrected chi connectivity index (χ1v) is 31.9. The second kappa shape index (κ2) is 30.1. The monoisotopic (exact) mass is 1200 g/mol. The number of para-hydroxylation sites is 4. The molecule has 0 aliphatic rings. The Kier molecular flexibility index (Phi) is 19.9. The van der Waals surface area contributed by atoms with E-state index in [-0.39, 0.29) is 0 Å². The summed E-state index contributed by atoms with van der Waals surface area (Å²) in [6.45, 7) is 7.40. The number of hydrogen-bond acceptors (Lipinski definition) is 4. The van der Waals surface area contributed by atoms with Gasteiger partial charge in [0.25, 0.3) is 0 Å². The molecule has 0 N–H and O–H groups in total. The molecular formula is C88H75N5. The number of aryl methyl sites for hydroxylation is 3. The van der Waals surface area contributed by atoms with Gasteiger partial charge in [-0.15, -0.1) is 0 Å². The lowest BCUT2D eigenvalue weighted by Gasteiger charge is -2.26. The lowest BCUT2D eigenvalue weighted by atomic mass is 9.95. The Bertz CT molecular complexity index is 4550. The Morgan fingerprint density at radius 2 is 0.613 bits per heavy atom. The minimum absolute atomic E-state index is 0.966.